The average Bonchev–Trinajstić information content (AvgIpc) is 2.11. The number of hydrogen-bond donors (Lipinski definition) is 2. The van der Waals surface area contributed by atoms with Crippen LogP contribution in [0.3, 0.4) is 0 Å². The fourth-order valence-corrected chi connectivity index (χ4v) is 3.13. The Labute approximate surface area is 94.2 Å². The van der Waals surface area contributed by atoms with Crippen LogP contribution in [0.5, 0.6) is 0 Å². The quantitative estimate of drug-likeness (QED) is 0.730. The second-order valence-electron chi connectivity index (χ2n) is 6.66. The van der Waals surface area contributed by atoms with Crippen molar-refractivity contribution in [2.24, 2.45) is 11.3 Å². The number of piperidine rings is 1. The van der Waals surface area contributed by atoms with Gasteiger partial charge >= 0.3 is 0 Å². The average molecular weight is 210 g/mol. The lowest BCUT2D eigenvalue weighted by molar-refractivity contribution is 0.0193. The second-order valence-corrected chi connectivity index (χ2v) is 6.66. The van der Waals surface area contributed by atoms with Gasteiger partial charge < -0.3 is 10.6 Å². The molecule has 0 radical (unpaired) electrons. The first-order chi connectivity index (χ1) is 6.99. The Hall–Kier alpha value is -0.0800. The molecule has 2 rings (SSSR count). The molecule has 1 heterocycles. The van der Waals surface area contributed by atoms with Crippen LogP contribution in [-0.2, 0) is 0 Å². The summed E-state index contributed by atoms with van der Waals surface area (Å²) < 4.78 is 0. The molecule has 2 nitrogen and oxygen atoms in total. The van der Waals surface area contributed by atoms with Crippen LogP contribution in [0.15, 0.2) is 0 Å². The van der Waals surface area contributed by atoms with Crippen LogP contribution in [0.1, 0.15) is 46.5 Å². The largest absolute Gasteiger partial charge is 0.317 e. The van der Waals surface area contributed by atoms with Gasteiger partial charge in [-0.1, -0.05) is 0 Å². The summed E-state index contributed by atoms with van der Waals surface area (Å²) >= 11 is 0. The smallest absolute Gasteiger partial charge is 0.00966 e. The summed E-state index contributed by atoms with van der Waals surface area (Å²) in [6.45, 7) is 10.5. The molecule has 2 heteroatoms. The van der Waals surface area contributed by atoms with Crippen molar-refractivity contribution in [1.82, 2.24) is 10.6 Å². The highest BCUT2D eigenvalue weighted by atomic mass is 15.0. The van der Waals surface area contributed by atoms with Crippen molar-refractivity contribution in [2.75, 3.05) is 19.6 Å². The van der Waals surface area contributed by atoms with Crippen LogP contribution < -0.4 is 10.6 Å². The van der Waals surface area contributed by atoms with Crippen molar-refractivity contribution in [1.29, 1.82) is 0 Å². The van der Waals surface area contributed by atoms with E-state index in [9.17, 15) is 0 Å². The summed E-state index contributed by atoms with van der Waals surface area (Å²) in [5.74, 6) is 0.947. The van der Waals surface area contributed by atoms with E-state index < -0.39 is 0 Å². The van der Waals surface area contributed by atoms with Crippen LogP contribution in [0, 0.1) is 11.3 Å². The molecule has 1 aliphatic carbocycles. The first kappa shape index (κ1) is 11.4. The summed E-state index contributed by atoms with van der Waals surface area (Å²) in [6, 6.07) is 0. The van der Waals surface area contributed by atoms with E-state index in [1.54, 1.807) is 0 Å². The fraction of sp³-hybridized carbons (Fsp3) is 1.00. The molecule has 0 unspecified atom stereocenters. The van der Waals surface area contributed by atoms with Gasteiger partial charge in [0.05, 0.1) is 0 Å². The first-order valence-electron chi connectivity index (χ1n) is 6.45. The third kappa shape index (κ3) is 2.94. The normalized spacial score (nSPS) is 26.6. The fourth-order valence-electron chi connectivity index (χ4n) is 3.13. The highest BCUT2D eigenvalue weighted by Crippen LogP contribution is 2.51. The maximum Gasteiger partial charge on any atom is 0.00966 e. The van der Waals surface area contributed by atoms with E-state index in [0.717, 1.165) is 11.3 Å². The molecule has 0 aromatic heterocycles. The molecule has 1 saturated carbocycles. The van der Waals surface area contributed by atoms with E-state index in [1.165, 1.54) is 45.3 Å². The van der Waals surface area contributed by atoms with Crippen molar-refractivity contribution in [3.8, 4) is 0 Å². The number of hydrogen-bond acceptors (Lipinski definition) is 2. The minimum absolute atomic E-state index is 0.289. The van der Waals surface area contributed by atoms with Gasteiger partial charge in [0.15, 0.2) is 0 Å². The van der Waals surface area contributed by atoms with Crippen LogP contribution in [0.4, 0.5) is 0 Å². The predicted octanol–water partition coefficient (Wildman–Crippen LogP) is 2.15. The highest BCUT2D eigenvalue weighted by molar-refractivity contribution is 4.97. The van der Waals surface area contributed by atoms with Crippen LogP contribution in [-0.4, -0.2) is 25.2 Å². The second kappa shape index (κ2) is 4.06. The molecule has 2 fully saturated rings. The van der Waals surface area contributed by atoms with Gasteiger partial charge in [-0.3, -0.25) is 0 Å². The van der Waals surface area contributed by atoms with Crippen molar-refractivity contribution >= 4 is 0 Å². The van der Waals surface area contributed by atoms with Gasteiger partial charge in [-0.25, -0.2) is 0 Å². The summed E-state index contributed by atoms with van der Waals surface area (Å²) in [6.07, 6.45) is 5.77. The molecule has 1 saturated heterocycles. The molecule has 15 heavy (non-hydrogen) atoms. The first-order valence-corrected chi connectivity index (χ1v) is 6.45. The van der Waals surface area contributed by atoms with Gasteiger partial charge in [0.1, 0.15) is 0 Å². The van der Waals surface area contributed by atoms with Crippen molar-refractivity contribution in [3.05, 3.63) is 0 Å². The molecule has 0 aromatic rings. The molecule has 0 aromatic carbocycles. The maximum atomic E-state index is 3.63. The van der Waals surface area contributed by atoms with E-state index in [-0.39, 0.29) is 5.54 Å². The van der Waals surface area contributed by atoms with Crippen molar-refractivity contribution in [3.63, 3.8) is 0 Å². The van der Waals surface area contributed by atoms with Gasteiger partial charge in [-0.05, 0) is 77.4 Å². The molecule has 0 amide bonds. The van der Waals surface area contributed by atoms with E-state index in [4.69, 9.17) is 0 Å². The summed E-state index contributed by atoms with van der Waals surface area (Å²) in [5.41, 5.74) is 1.03. The lowest BCUT2D eigenvalue weighted by atomic mass is 9.57. The third-order valence-corrected chi connectivity index (χ3v) is 4.03. The molecule has 0 atom stereocenters. The Morgan fingerprint density at radius 1 is 1.20 bits per heavy atom. The molecule has 2 aliphatic rings. The van der Waals surface area contributed by atoms with E-state index in [2.05, 4.69) is 31.4 Å². The van der Waals surface area contributed by atoms with Gasteiger partial charge in [0.25, 0.3) is 0 Å². The van der Waals surface area contributed by atoms with Gasteiger partial charge in [-0.15, -0.1) is 0 Å². The Morgan fingerprint density at radius 2 is 1.80 bits per heavy atom. The van der Waals surface area contributed by atoms with Crippen LogP contribution >= 0.6 is 0 Å². The zero-order valence-corrected chi connectivity index (χ0v) is 10.5. The number of nitrogens with one attached hydrogen (secondary N) is 2. The van der Waals surface area contributed by atoms with E-state index in [1.807, 2.05) is 0 Å². The van der Waals surface area contributed by atoms with E-state index in [0.29, 0.717) is 0 Å². The van der Waals surface area contributed by atoms with Crippen LogP contribution in [0.2, 0.25) is 0 Å². The minimum Gasteiger partial charge on any atom is -0.317 e. The molecule has 88 valence electrons. The zero-order valence-electron chi connectivity index (χ0n) is 10.5. The topological polar surface area (TPSA) is 24.1 Å². The van der Waals surface area contributed by atoms with Gasteiger partial charge in [0, 0.05) is 5.54 Å². The van der Waals surface area contributed by atoms with Crippen LogP contribution in [0.25, 0.3) is 0 Å². The Kier molecular flexibility index (Phi) is 3.09. The third-order valence-electron chi connectivity index (χ3n) is 4.03. The predicted molar refractivity (Wildman–Crippen MR) is 65.0 cm³/mol. The Balaban J connectivity index is 1.69. The number of rotatable bonds is 2. The maximum absolute atomic E-state index is 3.63. The van der Waals surface area contributed by atoms with Crippen molar-refractivity contribution in [2.45, 2.75) is 52.0 Å². The molecule has 2 N–H and O–H groups in total. The zero-order chi connectivity index (χ0) is 10.9. The Morgan fingerprint density at radius 3 is 2.33 bits per heavy atom. The molecular formula is C13H26N2. The summed E-state index contributed by atoms with van der Waals surface area (Å²) in [5, 5.41) is 7.09. The molecule has 1 aliphatic heterocycles. The standard InChI is InChI=1S/C13H26N2/c1-12(2,3)15-10-11-8-13(9-11)4-6-14-7-5-13/h11,14-15H,4-10H2,1-3H3. The van der Waals surface area contributed by atoms with Gasteiger partial charge in [-0.2, -0.15) is 0 Å². The SMILES string of the molecule is CC(C)(C)NCC1CC2(CCNCC2)C1. The highest BCUT2D eigenvalue weighted by Gasteiger charge is 2.44. The lowest BCUT2D eigenvalue weighted by Gasteiger charge is -2.51. The van der Waals surface area contributed by atoms with Gasteiger partial charge in [0.2, 0.25) is 0 Å². The van der Waals surface area contributed by atoms with E-state index >= 15 is 0 Å². The monoisotopic (exact) mass is 210 g/mol. The summed E-state index contributed by atoms with van der Waals surface area (Å²) in [4.78, 5) is 0. The molecule has 0 bridgehead atoms. The minimum atomic E-state index is 0.289. The molecular weight excluding hydrogens is 184 g/mol. The Bertz CT molecular complexity index is 203. The van der Waals surface area contributed by atoms with Crippen molar-refractivity contribution < 1.29 is 0 Å². The lowest BCUT2D eigenvalue weighted by Crippen LogP contribution is -2.50. The molecule has 1 spiro atoms. The summed E-state index contributed by atoms with van der Waals surface area (Å²) in [7, 11) is 0.